The average Bonchev–Trinajstić information content (AvgIpc) is 3.15. The van der Waals surface area contributed by atoms with Crippen molar-refractivity contribution in [3.05, 3.63) is 59.5 Å². The fourth-order valence-electron chi connectivity index (χ4n) is 2.85. The number of carbonyl (C=O) groups excluding carboxylic acids is 1. The van der Waals surface area contributed by atoms with Gasteiger partial charge in [-0.3, -0.25) is 10.1 Å². The van der Waals surface area contributed by atoms with Crippen LogP contribution in [0.25, 0.3) is 0 Å². The van der Waals surface area contributed by atoms with Gasteiger partial charge in [0.2, 0.25) is 5.91 Å². The number of hydrogen-bond donors (Lipinski definition) is 2. The summed E-state index contributed by atoms with van der Waals surface area (Å²) < 4.78 is 5.21. The second kappa shape index (κ2) is 6.14. The normalized spacial score (nSPS) is 18.2. The van der Waals surface area contributed by atoms with E-state index in [0.717, 1.165) is 18.6 Å². The van der Waals surface area contributed by atoms with Gasteiger partial charge < -0.3 is 9.73 Å². The maximum atomic E-state index is 12.1. The molecule has 4 heteroatoms. The zero-order valence-electron chi connectivity index (χ0n) is 12.1. The molecule has 0 saturated carbocycles. The molecule has 2 aromatic rings. The number of hydrogen-bond acceptors (Lipinski definition) is 3. The largest absolute Gasteiger partial charge is 0.467 e. The quantitative estimate of drug-likeness (QED) is 0.887. The van der Waals surface area contributed by atoms with Crippen molar-refractivity contribution in [2.45, 2.75) is 38.4 Å². The van der Waals surface area contributed by atoms with Crippen LogP contribution in [-0.4, -0.2) is 11.9 Å². The average molecular weight is 284 g/mol. The molecule has 2 atom stereocenters. The molecule has 1 aliphatic rings. The van der Waals surface area contributed by atoms with Gasteiger partial charge in [0.05, 0.1) is 18.8 Å². The molecule has 4 nitrogen and oxygen atoms in total. The first-order valence-electron chi connectivity index (χ1n) is 7.38. The van der Waals surface area contributed by atoms with Gasteiger partial charge in [0, 0.05) is 6.04 Å². The number of nitrogens with one attached hydrogen (secondary N) is 2. The van der Waals surface area contributed by atoms with Crippen LogP contribution >= 0.6 is 0 Å². The lowest BCUT2D eigenvalue weighted by atomic mass is 10.1. The highest BCUT2D eigenvalue weighted by molar-refractivity contribution is 5.81. The van der Waals surface area contributed by atoms with Crippen molar-refractivity contribution < 1.29 is 9.21 Å². The molecule has 3 rings (SSSR count). The molecule has 0 saturated heterocycles. The molecule has 2 unspecified atom stereocenters. The highest BCUT2D eigenvalue weighted by Gasteiger charge is 2.25. The highest BCUT2D eigenvalue weighted by Crippen LogP contribution is 2.30. The summed E-state index contributed by atoms with van der Waals surface area (Å²) in [4.78, 5) is 12.1. The Morgan fingerprint density at radius 3 is 3.00 bits per heavy atom. The Balaban J connectivity index is 1.54. The van der Waals surface area contributed by atoms with E-state index in [9.17, 15) is 4.79 Å². The lowest BCUT2D eigenvalue weighted by molar-refractivity contribution is -0.123. The van der Waals surface area contributed by atoms with Crippen LogP contribution in [0.4, 0.5) is 0 Å². The fourth-order valence-corrected chi connectivity index (χ4v) is 2.85. The maximum absolute atomic E-state index is 12.1. The summed E-state index contributed by atoms with van der Waals surface area (Å²) in [6.45, 7) is 2.33. The van der Waals surface area contributed by atoms with Crippen LogP contribution in [0.1, 0.15) is 36.3 Å². The van der Waals surface area contributed by atoms with E-state index in [2.05, 4.69) is 34.9 Å². The van der Waals surface area contributed by atoms with Crippen molar-refractivity contribution in [1.29, 1.82) is 0 Å². The van der Waals surface area contributed by atoms with E-state index in [1.165, 1.54) is 11.1 Å². The third kappa shape index (κ3) is 3.16. The highest BCUT2D eigenvalue weighted by atomic mass is 16.3. The van der Waals surface area contributed by atoms with Crippen molar-refractivity contribution in [1.82, 2.24) is 10.6 Å². The van der Waals surface area contributed by atoms with Gasteiger partial charge >= 0.3 is 0 Å². The molecule has 1 aromatic carbocycles. The number of aryl methyl sites for hydroxylation is 1. The predicted octanol–water partition coefficient (Wildman–Crippen LogP) is 2.56. The van der Waals surface area contributed by atoms with Crippen LogP contribution < -0.4 is 10.6 Å². The van der Waals surface area contributed by atoms with E-state index in [1.807, 2.05) is 19.1 Å². The minimum absolute atomic E-state index is 0.00391. The molecule has 110 valence electrons. The van der Waals surface area contributed by atoms with E-state index in [-0.39, 0.29) is 18.0 Å². The molecule has 1 aromatic heterocycles. The summed E-state index contributed by atoms with van der Waals surface area (Å²) in [7, 11) is 0. The molecular weight excluding hydrogens is 264 g/mol. The summed E-state index contributed by atoms with van der Waals surface area (Å²) in [5, 5.41) is 6.31. The standard InChI is InChI=1S/C17H20N2O2/c1-12(17(20)18-11-14-6-4-10-21-14)19-16-9-8-13-5-2-3-7-15(13)16/h2-7,10,12,16,19H,8-9,11H2,1H3,(H,18,20). The minimum Gasteiger partial charge on any atom is -0.467 e. The molecule has 1 heterocycles. The van der Waals surface area contributed by atoms with Gasteiger partial charge in [0.25, 0.3) is 0 Å². The zero-order chi connectivity index (χ0) is 14.7. The molecule has 0 fully saturated rings. The summed E-state index contributed by atoms with van der Waals surface area (Å²) in [5.74, 6) is 0.762. The maximum Gasteiger partial charge on any atom is 0.237 e. The number of furan rings is 1. The van der Waals surface area contributed by atoms with Gasteiger partial charge in [0.1, 0.15) is 5.76 Å². The number of fused-ring (bicyclic) bond motifs is 1. The number of amides is 1. The van der Waals surface area contributed by atoms with Gasteiger partial charge in [-0.1, -0.05) is 24.3 Å². The zero-order valence-corrected chi connectivity index (χ0v) is 12.1. The van der Waals surface area contributed by atoms with Gasteiger partial charge in [-0.25, -0.2) is 0 Å². The van der Waals surface area contributed by atoms with Gasteiger partial charge in [-0.15, -0.1) is 0 Å². The summed E-state index contributed by atoms with van der Waals surface area (Å²) >= 11 is 0. The minimum atomic E-state index is -0.226. The molecule has 2 N–H and O–H groups in total. The third-order valence-corrected chi connectivity index (χ3v) is 3.99. The van der Waals surface area contributed by atoms with Gasteiger partial charge in [0.15, 0.2) is 0 Å². The Hall–Kier alpha value is -2.07. The Labute approximate surface area is 124 Å². The lowest BCUT2D eigenvalue weighted by Gasteiger charge is -2.19. The SMILES string of the molecule is CC(NC1CCc2ccccc21)C(=O)NCc1ccco1. The number of benzene rings is 1. The van der Waals surface area contributed by atoms with Gasteiger partial charge in [-0.05, 0) is 43.0 Å². The molecule has 1 aliphatic carbocycles. The summed E-state index contributed by atoms with van der Waals surface area (Å²) in [6.07, 6.45) is 3.74. The van der Waals surface area contributed by atoms with Crippen LogP contribution in [-0.2, 0) is 17.8 Å². The second-order valence-electron chi connectivity index (χ2n) is 5.48. The lowest BCUT2D eigenvalue weighted by Crippen LogP contribution is -2.43. The molecule has 0 radical (unpaired) electrons. The Morgan fingerprint density at radius 1 is 1.33 bits per heavy atom. The van der Waals surface area contributed by atoms with E-state index < -0.39 is 0 Å². The molecule has 0 bridgehead atoms. The molecule has 0 spiro atoms. The van der Waals surface area contributed by atoms with E-state index in [1.54, 1.807) is 6.26 Å². The monoisotopic (exact) mass is 284 g/mol. The van der Waals surface area contributed by atoms with Crippen molar-refractivity contribution in [2.24, 2.45) is 0 Å². The number of carbonyl (C=O) groups is 1. The van der Waals surface area contributed by atoms with Crippen molar-refractivity contribution in [3.63, 3.8) is 0 Å². The van der Waals surface area contributed by atoms with Crippen LogP contribution in [0, 0.1) is 0 Å². The van der Waals surface area contributed by atoms with Crippen molar-refractivity contribution in [3.8, 4) is 0 Å². The summed E-state index contributed by atoms with van der Waals surface area (Å²) in [6, 6.07) is 12.2. The van der Waals surface area contributed by atoms with Gasteiger partial charge in [-0.2, -0.15) is 0 Å². The molecular formula is C17H20N2O2. The van der Waals surface area contributed by atoms with Crippen LogP contribution in [0.5, 0.6) is 0 Å². The first-order chi connectivity index (χ1) is 10.2. The van der Waals surface area contributed by atoms with E-state index in [0.29, 0.717) is 6.54 Å². The molecule has 21 heavy (non-hydrogen) atoms. The smallest absolute Gasteiger partial charge is 0.237 e. The first kappa shape index (κ1) is 13.9. The summed E-state index contributed by atoms with van der Waals surface area (Å²) in [5.41, 5.74) is 2.71. The van der Waals surface area contributed by atoms with Crippen LogP contribution in [0.15, 0.2) is 47.1 Å². The Morgan fingerprint density at radius 2 is 2.19 bits per heavy atom. The predicted molar refractivity (Wildman–Crippen MR) is 80.7 cm³/mol. The topological polar surface area (TPSA) is 54.3 Å². The Bertz CT molecular complexity index is 607. The fraction of sp³-hybridized carbons (Fsp3) is 0.353. The van der Waals surface area contributed by atoms with E-state index >= 15 is 0 Å². The first-order valence-corrected chi connectivity index (χ1v) is 7.38. The third-order valence-electron chi connectivity index (χ3n) is 3.99. The molecule has 1 amide bonds. The number of rotatable bonds is 5. The van der Waals surface area contributed by atoms with Crippen LogP contribution in [0.2, 0.25) is 0 Å². The van der Waals surface area contributed by atoms with Crippen molar-refractivity contribution >= 4 is 5.91 Å². The van der Waals surface area contributed by atoms with Crippen molar-refractivity contribution in [2.75, 3.05) is 0 Å². The second-order valence-corrected chi connectivity index (χ2v) is 5.48. The molecule has 0 aliphatic heterocycles. The van der Waals surface area contributed by atoms with Crippen LogP contribution in [0.3, 0.4) is 0 Å². The van der Waals surface area contributed by atoms with E-state index in [4.69, 9.17) is 4.42 Å². The Kier molecular flexibility index (Phi) is 4.06.